The lowest BCUT2D eigenvalue weighted by atomic mass is 10.2. The number of thioether (sulfide) groups is 1. The first kappa shape index (κ1) is 11.3. The zero-order chi connectivity index (χ0) is 12.8. The van der Waals surface area contributed by atoms with E-state index in [1.165, 1.54) is 11.6 Å². The van der Waals surface area contributed by atoms with Gasteiger partial charge in [-0.15, -0.1) is 10.2 Å². The van der Waals surface area contributed by atoms with Gasteiger partial charge >= 0.3 is 5.25 Å². The fourth-order valence-corrected chi connectivity index (χ4v) is 2.30. The van der Waals surface area contributed by atoms with Gasteiger partial charge in [-0.05, 0) is 18.7 Å². The van der Waals surface area contributed by atoms with Crippen molar-refractivity contribution < 1.29 is 8.78 Å². The van der Waals surface area contributed by atoms with Gasteiger partial charge in [0.25, 0.3) is 0 Å². The van der Waals surface area contributed by atoms with Crippen molar-refractivity contribution in [3.8, 4) is 11.4 Å². The van der Waals surface area contributed by atoms with E-state index in [0.29, 0.717) is 17.6 Å². The third kappa shape index (κ3) is 1.71. The van der Waals surface area contributed by atoms with Crippen LogP contribution in [0.5, 0.6) is 0 Å². The number of nitrogens with zero attached hydrogens (tertiary/aromatic N) is 4. The predicted octanol–water partition coefficient (Wildman–Crippen LogP) is 2.87. The van der Waals surface area contributed by atoms with Gasteiger partial charge < -0.3 is 0 Å². The van der Waals surface area contributed by atoms with Gasteiger partial charge in [-0.2, -0.15) is 18.6 Å². The number of halogens is 2. The molecule has 0 saturated carbocycles. The van der Waals surface area contributed by atoms with Gasteiger partial charge in [0.05, 0.1) is 0 Å². The summed E-state index contributed by atoms with van der Waals surface area (Å²) in [7, 11) is 0. The van der Waals surface area contributed by atoms with Gasteiger partial charge in [-0.1, -0.05) is 30.3 Å². The summed E-state index contributed by atoms with van der Waals surface area (Å²) in [5, 5.41) is 8.63. The lowest BCUT2D eigenvalue weighted by Gasteiger charge is -2.19. The van der Waals surface area contributed by atoms with Crippen LogP contribution in [0.2, 0.25) is 0 Å². The Hall–Kier alpha value is -1.76. The Morgan fingerprint density at radius 3 is 2.61 bits per heavy atom. The van der Waals surface area contributed by atoms with Crippen molar-refractivity contribution in [1.29, 1.82) is 0 Å². The van der Waals surface area contributed by atoms with E-state index in [0.717, 1.165) is 5.56 Å². The maximum atomic E-state index is 13.4. The first-order valence-electron chi connectivity index (χ1n) is 5.21. The molecular formula is C11H8F2N4S. The number of fused-ring (bicyclic) bond motifs is 1. The van der Waals surface area contributed by atoms with E-state index in [2.05, 4.69) is 15.3 Å². The van der Waals surface area contributed by atoms with Crippen molar-refractivity contribution in [2.24, 2.45) is 5.10 Å². The Morgan fingerprint density at radius 1 is 1.17 bits per heavy atom. The fraction of sp³-hybridized carbons (Fsp3) is 0.182. The molecule has 0 unspecified atom stereocenters. The van der Waals surface area contributed by atoms with Crippen molar-refractivity contribution in [3.05, 3.63) is 30.3 Å². The second-order valence-electron chi connectivity index (χ2n) is 3.79. The SMILES string of the molecule is CC1=Nn2c(nnc2-c2ccccc2)SC1(F)F. The number of alkyl halides is 2. The number of aromatic nitrogens is 3. The molecule has 0 spiro atoms. The summed E-state index contributed by atoms with van der Waals surface area (Å²) in [6.45, 7) is 1.30. The molecule has 2 aromatic rings. The molecule has 18 heavy (non-hydrogen) atoms. The topological polar surface area (TPSA) is 43.1 Å². The Labute approximate surface area is 106 Å². The molecule has 0 saturated heterocycles. The maximum absolute atomic E-state index is 13.4. The van der Waals surface area contributed by atoms with Crippen LogP contribution < -0.4 is 0 Å². The average molecular weight is 266 g/mol. The highest BCUT2D eigenvalue weighted by atomic mass is 32.2. The summed E-state index contributed by atoms with van der Waals surface area (Å²) < 4.78 is 28.2. The third-order valence-corrected chi connectivity index (χ3v) is 3.52. The van der Waals surface area contributed by atoms with Crippen LogP contribution in [0.15, 0.2) is 40.6 Å². The maximum Gasteiger partial charge on any atom is 0.340 e. The van der Waals surface area contributed by atoms with Crippen LogP contribution in [0, 0.1) is 0 Å². The number of benzene rings is 1. The molecule has 0 aliphatic carbocycles. The highest BCUT2D eigenvalue weighted by molar-refractivity contribution is 8.01. The van der Waals surface area contributed by atoms with Crippen LogP contribution in [-0.4, -0.2) is 25.8 Å². The molecular weight excluding hydrogens is 258 g/mol. The Morgan fingerprint density at radius 2 is 1.89 bits per heavy atom. The van der Waals surface area contributed by atoms with E-state index in [1.54, 1.807) is 0 Å². The second-order valence-corrected chi connectivity index (χ2v) is 4.87. The predicted molar refractivity (Wildman–Crippen MR) is 64.8 cm³/mol. The van der Waals surface area contributed by atoms with Crippen LogP contribution in [0.1, 0.15) is 6.92 Å². The van der Waals surface area contributed by atoms with Gasteiger partial charge in [0, 0.05) is 5.56 Å². The lowest BCUT2D eigenvalue weighted by Crippen LogP contribution is -2.27. The Bertz CT molecular complexity index is 621. The molecule has 1 aromatic carbocycles. The second kappa shape index (κ2) is 3.88. The molecule has 92 valence electrons. The average Bonchev–Trinajstić information content (AvgIpc) is 2.73. The van der Waals surface area contributed by atoms with Gasteiger partial charge in [-0.3, -0.25) is 0 Å². The molecule has 0 N–H and O–H groups in total. The van der Waals surface area contributed by atoms with Gasteiger partial charge in [0.15, 0.2) is 5.82 Å². The number of rotatable bonds is 1. The van der Waals surface area contributed by atoms with Crippen LogP contribution in [-0.2, 0) is 0 Å². The zero-order valence-electron chi connectivity index (χ0n) is 9.34. The summed E-state index contributed by atoms with van der Waals surface area (Å²) in [6.07, 6.45) is 0. The van der Waals surface area contributed by atoms with Crippen molar-refractivity contribution in [2.75, 3.05) is 0 Å². The Balaban J connectivity index is 2.13. The first-order chi connectivity index (χ1) is 8.58. The molecule has 0 radical (unpaired) electrons. The minimum Gasteiger partial charge on any atom is -0.187 e. The molecule has 2 heterocycles. The minimum absolute atomic E-state index is 0.101. The van der Waals surface area contributed by atoms with E-state index in [-0.39, 0.29) is 10.9 Å². The lowest BCUT2D eigenvalue weighted by molar-refractivity contribution is 0.180. The van der Waals surface area contributed by atoms with Gasteiger partial charge in [-0.25, -0.2) is 0 Å². The van der Waals surface area contributed by atoms with Crippen LogP contribution in [0.3, 0.4) is 0 Å². The van der Waals surface area contributed by atoms with Crippen molar-refractivity contribution in [1.82, 2.24) is 14.9 Å². The number of hydrogen-bond acceptors (Lipinski definition) is 4. The van der Waals surface area contributed by atoms with E-state index in [9.17, 15) is 8.78 Å². The summed E-state index contributed by atoms with van der Waals surface area (Å²) in [5.74, 6) is 0.466. The third-order valence-electron chi connectivity index (χ3n) is 2.53. The molecule has 7 heteroatoms. The fourth-order valence-electron chi connectivity index (χ4n) is 1.58. The Kier molecular flexibility index (Phi) is 2.44. The first-order valence-corrected chi connectivity index (χ1v) is 6.03. The molecule has 0 bridgehead atoms. The molecule has 0 fully saturated rings. The smallest absolute Gasteiger partial charge is 0.187 e. The minimum atomic E-state index is -3.02. The monoisotopic (exact) mass is 266 g/mol. The molecule has 0 atom stereocenters. The number of hydrogen-bond donors (Lipinski definition) is 0. The molecule has 1 aromatic heterocycles. The van der Waals surface area contributed by atoms with Crippen molar-refractivity contribution >= 4 is 17.5 Å². The molecule has 1 aliphatic heterocycles. The largest absolute Gasteiger partial charge is 0.340 e. The van der Waals surface area contributed by atoms with E-state index in [1.807, 2.05) is 30.3 Å². The highest BCUT2D eigenvalue weighted by Gasteiger charge is 2.41. The molecule has 0 amide bonds. The van der Waals surface area contributed by atoms with Crippen molar-refractivity contribution in [3.63, 3.8) is 0 Å². The standard InChI is InChI=1S/C11H8F2N4S/c1-7-11(12,13)18-10-15-14-9(17(10)16-7)8-5-3-2-4-6-8/h2-6H,1H3. The summed E-state index contributed by atoms with van der Waals surface area (Å²) in [6, 6.07) is 9.23. The van der Waals surface area contributed by atoms with Gasteiger partial charge in [0.1, 0.15) is 5.71 Å². The van der Waals surface area contributed by atoms with Crippen LogP contribution in [0.25, 0.3) is 11.4 Å². The van der Waals surface area contributed by atoms with E-state index >= 15 is 0 Å². The van der Waals surface area contributed by atoms with E-state index in [4.69, 9.17) is 0 Å². The van der Waals surface area contributed by atoms with Crippen LogP contribution >= 0.6 is 11.8 Å². The highest BCUT2D eigenvalue weighted by Crippen LogP contribution is 2.40. The summed E-state index contributed by atoms with van der Waals surface area (Å²) in [4.78, 5) is 0. The molecule has 4 nitrogen and oxygen atoms in total. The normalized spacial score (nSPS) is 17.2. The van der Waals surface area contributed by atoms with Crippen LogP contribution in [0.4, 0.5) is 8.78 Å². The quantitative estimate of drug-likeness (QED) is 0.797. The van der Waals surface area contributed by atoms with E-state index < -0.39 is 5.25 Å². The summed E-state index contributed by atoms with van der Waals surface area (Å²) >= 11 is 0.363. The summed E-state index contributed by atoms with van der Waals surface area (Å²) in [5.41, 5.74) is 0.538. The zero-order valence-corrected chi connectivity index (χ0v) is 10.2. The molecule has 1 aliphatic rings. The van der Waals surface area contributed by atoms with Crippen molar-refractivity contribution in [2.45, 2.75) is 17.3 Å². The van der Waals surface area contributed by atoms with Gasteiger partial charge in [0.2, 0.25) is 5.16 Å². The molecule has 3 rings (SSSR count).